The Labute approximate surface area is 135 Å². The molecule has 0 heterocycles. The number of nitrogens with one attached hydrogen (secondary N) is 2. The Morgan fingerprint density at radius 3 is 2.70 bits per heavy atom. The van der Waals surface area contributed by atoms with E-state index in [0.717, 1.165) is 16.4 Å². The van der Waals surface area contributed by atoms with Crippen LogP contribution in [-0.2, 0) is 4.79 Å². The van der Waals surface area contributed by atoms with Crippen LogP contribution in [0.3, 0.4) is 0 Å². The van der Waals surface area contributed by atoms with Gasteiger partial charge < -0.3 is 15.7 Å². The Bertz CT molecular complexity index is 534. The van der Waals surface area contributed by atoms with Gasteiger partial charge in [0, 0.05) is 9.61 Å². The zero-order valence-electron chi connectivity index (χ0n) is 10.5. The van der Waals surface area contributed by atoms with E-state index in [4.69, 9.17) is 16.7 Å². The number of carboxylic acids is 1. The molecule has 0 saturated heterocycles. The Kier molecular flexibility index (Phi) is 5.09. The van der Waals surface area contributed by atoms with E-state index in [1.54, 1.807) is 12.1 Å². The van der Waals surface area contributed by atoms with Crippen LogP contribution in [0, 0.1) is 9.49 Å². The first-order chi connectivity index (χ1) is 9.45. The van der Waals surface area contributed by atoms with Gasteiger partial charge in [-0.1, -0.05) is 11.6 Å². The van der Waals surface area contributed by atoms with Crippen LogP contribution in [0.5, 0.6) is 0 Å². The molecule has 108 valence electrons. The van der Waals surface area contributed by atoms with Crippen LogP contribution in [0.15, 0.2) is 18.2 Å². The molecule has 0 aliphatic heterocycles. The van der Waals surface area contributed by atoms with Gasteiger partial charge in [0.05, 0.1) is 17.1 Å². The van der Waals surface area contributed by atoms with E-state index in [-0.39, 0.29) is 18.4 Å². The molecule has 1 aliphatic rings. The molecule has 3 N–H and O–H groups in total. The summed E-state index contributed by atoms with van der Waals surface area (Å²) in [5.74, 6) is -0.640. The lowest BCUT2D eigenvalue weighted by Gasteiger charge is -2.17. The number of rotatable bonds is 5. The standard InChI is InChI=1S/C13H14ClIN2O3/c14-9-5-8(15)3-4-10(9)16-13(20)17-11(6-12(18)19)7-1-2-7/h3-5,7,11H,1-2,6H2,(H,18,19)(H2,16,17,20). The maximum atomic E-state index is 11.9. The quantitative estimate of drug-likeness (QED) is 0.654. The number of hydrogen-bond acceptors (Lipinski definition) is 2. The third-order valence-corrected chi connectivity index (χ3v) is 4.07. The van der Waals surface area contributed by atoms with Gasteiger partial charge in [0.25, 0.3) is 0 Å². The van der Waals surface area contributed by atoms with Gasteiger partial charge in [-0.15, -0.1) is 0 Å². The smallest absolute Gasteiger partial charge is 0.319 e. The molecule has 2 rings (SSSR count). The maximum Gasteiger partial charge on any atom is 0.319 e. The van der Waals surface area contributed by atoms with Crippen molar-refractivity contribution in [3.8, 4) is 0 Å². The minimum Gasteiger partial charge on any atom is -0.481 e. The highest BCUT2D eigenvalue weighted by Gasteiger charge is 2.33. The van der Waals surface area contributed by atoms with Crippen molar-refractivity contribution in [2.45, 2.75) is 25.3 Å². The Morgan fingerprint density at radius 2 is 2.15 bits per heavy atom. The summed E-state index contributed by atoms with van der Waals surface area (Å²) in [6.07, 6.45) is 1.86. The van der Waals surface area contributed by atoms with E-state index in [1.165, 1.54) is 0 Å². The second kappa shape index (κ2) is 6.62. The molecule has 0 radical (unpaired) electrons. The predicted molar refractivity (Wildman–Crippen MR) is 85.1 cm³/mol. The molecule has 1 saturated carbocycles. The number of benzene rings is 1. The van der Waals surface area contributed by atoms with Crippen LogP contribution < -0.4 is 10.6 Å². The SMILES string of the molecule is O=C(O)CC(NC(=O)Nc1ccc(I)cc1Cl)C1CC1. The van der Waals surface area contributed by atoms with Gasteiger partial charge in [-0.05, 0) is 59.5 Å². The van der Waals surface area contributed by atoms with Gasteiger partial charge >= 0.3 is 12.0 Å². The average molecular weight is 409 g/mol. The van der Waals surface area contributed by atoms with Crippen LogP contribution in [-0.4, -0.2) is 23.1 Å². The number of anilines is 1. The van der Waals surface area contributed by atoms with Gasteiger partial charge in [-0.25, -0.2) is 4.79 Å². The summed E-state index contributed by atoms with van der Waals surface area (Å²) in [4.78, 5) is 22.7. The van der Waals surface area contributed by atoms with E-state index in [2.05, 4.69) is 33.2 Å². The van der Waals surface area contributed by atoms with Gasteiger partial charge in [0.2, 0.25) is 0 Å². The second-order valence-electron chi connectivity index (χ2n) is 4.76. The van der Waals surface area contributed by atoms with Crippen molar-refractivity contribution in [3.05, 3.63) is 26.8 Å². The summed E-state index contributed by atoms with van der Waals surface area (Å²) in [5.41, 5.74) is 0.509. The highest BCUT2D eigenvalue weighted by atomic mass is 127. The topological polar surface area (TPSA) is 78.4 Å². The molecule has 2 amide bonds. The lowest BCUT2D eigenvalue weighted by Crippen LogP contribution is -2.40. The van der Waals surface area contributed by atoms with Crippen LogP contribution in [0.4, 0.5) is 10.5 Å². The predicted octanol–water partition coefficient (Wildman–Crippen LogP) is 3.32. The second-order valence-corrected chi connectivity index (χ2v) is 6.42. The first-order valence-electron chi connectivity index (χ1n) is 6.20. The zero-order chi connectivity index (χ0) is 14.7. The number of hydrogen-bond donors (Lipinski definition) is 3. The van der Waals surface area contributed by atoms with Crippen molar-refractivity contribution in [2.24, 2.45) is 5.92 Å². The van der Waals surface area contributed by atoms with Crippen LogP contribution in [0.1, 0.15) is 19.3 Å². The Balaban J connectivity index is 1.95. The molecule has 0 bridgehead atoms. The number of carboxylic acid groups (broad SMARTS) is 1. The fraction of sp³-hybridized carbons (Fsp3) is 0.385. The average Bonchev–Trinajstić information content (AvgIpc) is 3.15. The number of amides is 2. The van der Waals surface area contributed by atoms with Crippen molar-refractivity contribution in [1.29, 1.82) is 0 Å². The summed E-state index contributed by atoms with van der Waals surface area (Å²) in [6.45, 7) is 0. The zero-order valence-corrected chi connectivity index (χ0v) is 13.4. The molecular formula is C13H14ClIN2O3. The van der Waals surface area contributed by atoms with E-state index < -0.39 is 12.0 Å². The molecule has 7 heteroatoms. The summed E-state index contributed by atoms with van der Waals surface area (Å²) < 4.78 is 0.972. The first kappa shape index (κ1) is 15.4. The molecule has 1 aliphatic carbocycles. The highest BCUT2D eigenvalue weighted by molar-refractivity contribution is 14.1. The minimum absolute atomic E-state index is 0.0570. The van der Waals surface area contributed by atoms with Crippen molar-refractivity contribution in [3.63, 3.8) is 0 Å². The van der Waals surface area contributed by atoms with E-state index in [1.807, 2.05) is 6.07 Å². The molecule has 1 aromatic carbocycles. The van der Waals surface area contributed by atoms with E-state index in [9.17, 15) is 9.59 Å². The fourth-order valence-electron chi connectivity index (χ4n) is 1.94. The maximum absolute atomic E-state index is 11.9. The number of halogens is 2. The normalized spacial score (nSPS) is 15.5. The fourth-order valence-corrected chi connectivity index (χ4v) is 2.84. The molecule has 20 heavy (non-hydrogen) atoms. The molecule has 1 unspecified atom stereocenters. The van der Waals surface area contributed by atoms with Crippen LogP contribution in [0.25, 0.3) is 0 Å². The van der Waals surface area contributed by atoms with Crippen LogP contribution in [0.2, 0.25) is 5.02 Å². The summed E-state index contributed by atoms with van der Waals surface area (Å²) >= 11 is 8.16. The number of carbonyl (C=O) groups is 2. The van der Waals surface area contributed by atoms with Crippen molar-refractivity contribution >= 4 is 51.9 Å². The van der Waals surface area contributed by atoms with Gasteiger partial charge in [-0.2, -0.15) is 0 Å². The molecule has 0 spiro atoms. The number of carbonyl (C=O) groups excluding carboxylic acids is 1. The number of aliphatic carboxylic acids is 1. The largest absolute Gasteiger partial charge is 0.481 e. The first-order valence-corrected chi connectivity index (χ1v) is 7.65. The monoisotopic (exact) mass is 408 g/mol. The third kappa shape index (κ3) is 4.52. The highest BCUT2D eigenvalue weighted by Crippen LogP contribution is 2.34. The Hall–Kier alpha value is -1.02. The van der Waals surface area contributed by atoms with Crippen molar-refractivity contribution < 1.29 is 14.7 Å². The van der Waals surface area contributed by atoms with Crippen molar-refractivity contribution in [2.75, 3.05) is 5.32 Å². The summed E-state index contributed by atoms with van der Waals surface area (Å²) in [5, 5.41) is 14.7. The Morgan fingerprint density at radius 1 is 1.45 bits per heavy atom. The van der Waals surface area contributed by atoms with E-state index in [0.29, 0.717) is 10.7 Å². The lowest BCUT2D eigenvalue weighted by molar-refractivity contribution is -0.137. The van der Waals surface area contributed by atoms with Crippen molar-refractivity contribution in [1.82, 2.24) is 5.32 Å². The molecule has 1 fully saturated rings. The molecule has 1 atom stereocenters. The summed E-state index contributed by atoms with van der Waals surface area (Å²) in [6, 6.07) is 4.54. The van der Waals surface area contributed by atoms with E-state index >= 15 is 0 Å². The molecular weight excluding hydrogens is 395 g/mol. The summed E-state index contributed by atoms with van der Waals surface area (Å²) in [7, 11) is 0. The molecule has 5 nitrogen and oxygen atoms in total. The lowest BCUT2D eigenvalue weighted by atomic mass is 10.1. The number of urea groups is 1. The van der Waals surface area contributed by atoms with Gasteiger partial charge in [-0.3, -0.25) is 4.79 Å². The minimum atomic E-state index is -0.908. The third-order valence-electron chi connectivity index (χ3n) is 3.08. The van der Waals surface area contributed by atoms with Gasteiger partial charge in [0.1, 0.15) is 0 Å². The molecule has 1 aromatic rings. The van der Waals surface area contributed by atoms with Gasteiger partial charge in [0.15, 0.2) is 0 Å². The molecule has 0 aromatic heterocycles. The van der Waals surface area contributed by atoms with Crippen LogP contribution >= 0.6 is 34.2 Å².